The van der Waals surface area contributed by atoms with Crippen LogP contribution < -0.4 is 10.0 Å². The SMILES string of the molecule is C=CS(=O)(=O)NCC1CCN(S(=O)(=O)c2ccc(CC(=O)NC3CCC(F)(F)CC3)cc2)C1. The van der Waals surface area contributed by atoms with Crippen molar-refractivity contribution in [2.45, 2.75) is 55.4 Å². The van der Waals surface area contributed by atoms with Crippen molar-refractivity contribution in [3.63, 3.8) is 0 Å². The standard InChI is InChI=1S/C21H29F2N3O5S2/c1-2-32(28,29)24-14-17-9-12-26(15-17)33(30,31)19-5-3-16(4-6-19)13-20(27)25-18-7-10-21(22,23)11-8-18/h2-6,17-18,24H,1,7-15H2,(H,25,27). The van der Waals surface area contributed by atoms with Crippen LogP contribution in [0.25, 0.3) is 0 Å². The number of benzene rings is 1. The molecule has 1 aromatic rings. The Morgan fingerprint density at radius 1 is 1.12 bits per heavy atom. The molecule has 12 heteroatoms. The highest BCUT2D eigenvalue weighted by Gasteiger charge is 2.35. The molecule has 1 unspecified atom stereocenters. The first-order valence-corrected chi connectivity index (χ1v) is 13.8. The molecule has 184 valence electrons. The Morgan fingerprint density at radius 3 is 2.36 bits per heavy atom. The second kappa shape index (κ2) is 10.2. The number of hydrogen-bond acceptors (Lipinski definition) is 5. The number of amides is 1. The maximum atomic E-state index is 13.2. The van der Waals surface area contributed by atoms with E-state index in [0.29, 0.717) is 12.0 Å². The second-order valence-electron chi connectivity index (χ2n) is 8.60. The summed E-state index contributed by atoms with van der Waals surface area (Å²) in [5.74, 6) is -3.08. The summed E-state index contributed by atoms with van der Waals surface area (Å²) in [5.41, 5.74) is 0.616. The van der Waals surface area contributed by atoms with E-state index in [1.165, 1.54) is 16.4 Å². The van der Waals surface area contributed by atoms with Gasteiger partial charge in [-0.05, 0) is 42.9 Å². The molecule has 1 atom stereocenters. The van der Waals surface area contributed by atoms with E-state index >= 15 is 0 Å². The smallest absolute Gasteiger partial charge is 0.248 e. The molecular weight excluding hydrogens is 476 g/mol. The van der Waals surface area contributed by atoms with Gasteiger partial charge in [0, 0.05) is 43.9 Å². The van der Waals surface area contributed by atoms with Crippen molar-refractivity contribution in [2.24, 2.45) is 5.92 Å². The average Bonchev–Trinajstić information content (AvgIpc) is 3.24. The Hall–Kier alpha value is -1.89. The van der Waals surface area contributed by atoms with Gasteiger partial charge >= 0.3 is 0 Å². The van der Waals surface area contributed by atoms with Gasteiger partial charge in [-0.3, -0.25) is 4.79 Å². The van der Waals surface area contributed by atoms with Crippen molar-refractivity contribution in [2.75, 3.05) is 19.6 Å². The third kappa shape index (κ3) is 7.05. The van der Waals surface area contributed by atoms with Crippen molar-refractivity contribution < 1.29 is 30.4 Å². The van der Waals surface area contributed by atoms with Gasteiger partial charge in [0.1, 0.15) is 0 Å². The van der Waals surface area contributed by atoms with Crippen LogP contribution in [-0.2, 0) is 31.3 Å². The lowest BCUT2D eigenvalue weighted by Gasteiger charge is -2.28. The maximum Gasteiger partial charge on any atom is 0.248 e. The summed E-state index contributed by atoms with van der Waals surface area (Å²) in [5, 5.41) is 3.58. The van der Waals surface area contributed by atoms with Gasteiger partial charge in [0.15, 0.2) is 0 Å². The molecule has 2 aliphatic rings. The Kier molecular flexibility index (Phi) is 7.92. The first-order chi connectivity index (χ1) is 15.4. The van der Waals surface area contributed by atoms with Crippen LogP contribution in [0.2, 0.25) is 0 Å². The number of nitrogens with one attached hydrogen (secondary N) is 2. The number of carbonyl (C=O) groups is 1. The summed E-state index contributed by atoms with van der Waals surface area (Å²) in [6, 6.07) is 5.73. The van der Waals surface area contributed by atoms with E-state index in [4.69, 9.17) is 0 Å². The molecule has 1 saturated heterocycles. The van der Waals surface area contributed by atoms with Crippen LogP contribution in [0.4, 0.5) is 8.78 Å². The van der Waals surface area contributed by atoms with Gasteiger partial charge in [-0.25, -0.2) is 30.3 Å². The molecular formula is C21H29F2N3O5S2. The molecule has 33 heavy (non-hydrogen) atoms. The highest BCUT2D eigenvalue weighted by atomic mass is 32.2. The Balaban J connectivity index is 1.52. The van der Waals surface area contributed by atoms with Gasteiger partial charge in [-0.15, -0.1) is 0 Å². The normalized spacial score (nSPS) is 22.2. The number of rotatable bonds is 9. The lowest BCUT2D eigenvalue weighted by atomic mass is 9.92. The van der Waals surface area contributed by atoms with E-state index in [0.717, 1.165) is 5.41 Å². The van der Waals surface area contributed by atoms with Gasteiger partial charge < -0.3 is 5.32 Å². The predicted molar refractivity (Wildman–Crippen MR) is 119 cm³/mol. The zero-order valence-electron chi connectivity index (χ0n) is 18.2. The molecule has 2 fully saturated rings. The van der Waals surface area contributed by atoms with E-state index in [1.807, 2.05) is 0 Å². The fourth-order valence-electron chi connectivity index (χ4n) is 4.05. The van der Waals surface area contributed by atoms with Crippen LogP contribution in [-0.4, -0.2) is 58.6 Å². The van der Waals surface area contributed by atoms with Crippen LogP contribution >= 0.6 is 0 Å². The number of nitrogens with zero attached hydrogens (tertiary/aromatic N) is 1. The number of sulfonamides is 2. The molecule has 0 radical (unpaired) electrons. The van der Waals surface area contributed by atoms with Gasteiger partial charge in [-0.1, -0.05) is 18.7 Å². The summed E-state index contributed by atoms with van der Waals surface area (Å²) < 4.78 is 79.0. The quantitative estimate of drug-likeness (QED) is 0.533. The number of carbonyl (C=O) groups excluding carboxylic acids is 1. The Morgan fingerprint density at radius 2 is 1.76 bits per heavy atom. The number of halogens is 2. The average molecular weight is 506 g/mol. The minimum atomic E-state index is -3.75. The van der Waals surface area contributed by atoms with E-state index in [-0.39, 0.29) is 74.5 Å². The van der Waals surface area contributed by atoms with Crippen molar-refractivity contribution in [1.29, 1.82) is 0 Å². The maximum absolute atomic E-state index is 13.2. The Labute approximate surface area is 193 Å². The molecule has 1 aromatic carbocycles. The lowest BCUT2D eigenvalue weighted by Crippen LogP contribution is -2.40. The largest absolute Gasteiger partial charge is 0.353 e. The van der Waals surface area contributed by atoms with E-state index in [1.54, 1.807) is 12.1 Å². The van der Waals surface area contributed by atoms with Crippen LogP contribution in [0.3, 0.4) is 0 Å². The highest BCUT2D eigenvalue weighted by Crippen LogP contribution is 2.33. The zero-order chi connectivity index (χ0) is 24.3. The first-order valence-electron chi connectivity index (χ1n) is 10.8. The molecule has 1 saturated carbocycles. The third-order valence-electron chi connectivity index (χ3n) is 6.05. The molecule has 0 spiro atoms. The van der Waals surface area contributed by atoms with Gasteiger partial charge in [0.05, 0.1) is 11.3 Å². The second-order valence-corrected chi connectivity index (χ2v) is 12.2. The molecule has 3 rings (SSSR count). The molecule has 1 heterocycles. The van der Waals surface area contributed by atoms with Crippen LogP contribution in [0.1, 0.15) is 37.7 Å². The van der Waals surface area contributed by atoms with Crippen molar-refractivity contribution >= 4 is 26.0 Å². The van der Waals surface area contributed by atoms with Gasteiger partial charge in [-0.2, -0.15) is 4.31 Å². The van der Waals surface area contributed by atoms with E-state index in [9.17, 15) is 30.4 Å². The van der Waals surface area contributed by atoms with E-state index in [2.05, 4.69) is 16.6 Å². The minimum Gasteiger partial charge on any atom is -0.353 e. The number of alkyl halides is 2. The fourth-order valence-corrected chi connectivity index (χ4v) is 6.17. The highest BCUT2D eigenvalue weighted by molar-refractivity contribution is 7.92. The Bertz CT molecular complexity index is 1070. The summed E-state index contributed by atoms with van der Waals surface area (Å²) in [6.45, 7) is 3.84. The number of hydrogen-bond donors (Lipinski definition) is 2. The lowest BCUT2D eigenvalue weighted by molar-refractivity contribution is -0.122. The fraction of sp³-hybridized carbons (Fsp3) is 0.571. The van der Waals surface area contributed by atoms with Crippen molar-refractivity contribution in [3.05, 3.63) is 41.8 Å². The summed E-state index contributed by atoms with van der Waals surface area (Å²) in [7, 11) is -7.31. The molecule has 8 nitrogen and oxygen atoms in total. The predicted octanol–water partition coefficient (Wildman–Crippen LogP) is 2.00. The summed E-state index contributed by atoms with van der Waals surface area (Å²) in [4.78, 5) is 12.3. The van der Waals surface area contributed by atoms with Crippen LogP contribution in [0.5, 0.6) is 0 Å². The van der Waals surface area contributed by atoms with Gasteiger partial charge in [0.2, 0.25) is 31.9 Å². The van der Waals surface area contributed by atoms with E-state index < -0.39 is 26.0 Å². The van der Waals surface area contributed by atoms with Crippen LogP contribution in [0.15, 0.2) is 41.1 Å². The van der Waals surface area contributed by atoms with Crippen molar-refractivity contribution in [1.82, 2.24) is 14.3 Å². The molecule has 1 aliphatic heterocycles. The topological polar surface area (TPSA) is 113 Å². The molecule has 0 aromatic heterocycles. The monoisotopic (exact) mass is 505 g/mol. The molecule has 1 amide bonds. The first kappa shape index (κ1) is 25.7. The zero-order valence-corrected chi connectivity index (χ0v) is 19.8. The summed E-state index contributed by atoms with van der Waals surface area (Å²) in [6.07, 6.45) is 0.570. The molecule has 1 aliphatic carbocycles. The third-order valence-corrected chi connectivity index (χ3v) is 8.94. The minimum absolute atomic E-state index is 0.0302. The molecule has 0 bridgehead atoms. The van der Waals surface area contributed by atoms with Gasteiger partial charge in [0.25, 0.3) is 0 Å². The molecule has 2 N–H and O–H groups in total. The summed E-state index contributed by atoms with van der Waals surface area (Å²) >= 11 is 0. The van der Waals surface area contributed by atoms with Crippen molar-refractivity contribution in [3.8, 4) is 0 Å². The van der Waals surface area contributed by atoms with Crippen LogP contribution in [0, 0.1) is 5.92 Å².